The second-order valence-corrected chi connectivity index (χ2v) is 30.6. The number of nitrogens with zero attached hydrogens (tertiary/aromatic N) is 8. The number of benzene rings is 6. The minimum Gasteiger partial charge on any atom is -0.465 e. The van der Waals surface area contributed by atoms with Gasteiger partial charge in [0, 0.05) is 66.9 Å². The van der Waals surface area contributed by atoms with Gasteiger partial charge < -0.3 is 40.8 Å². The van der Waals surface area contributed by atoms with Gasteiger partial charge in [-0.2, -0.15) is 8.78 Å². The third kappa shape index (κ3) is 26.7. The number of esters is 1. The Kier molecular flexibility index (Phi) is 33.0. The molecule has 1 fully saturated rings. The number of fused-ring (bicyclic) bond motifs is 3. The standard InChI is InChI=1S/C21H21N3O2S.C19H19N3O5.C18H15N3O4S.C15H11N3O3S.C13H12F2N4O2S/c25-19(22-14-8-2-1-3-9-14)15-10-4-5-11-16(15)23-20(26)21-24-17-12-6-7-13-18(17)27-21;1-3-27-19(26)22-18(25)15-6-4-5-7-16(15)21-17(24)13-8-9-20-14(11-13)10-12(2)23;1-2-25-18(24)21-15(22)11-7-3-4-8-12(11)19-16(23)17-20-13-9-5-6-10-14(13)26-17;1-21-15(20)9-5-4-8-16-12(9)18-13(19)14-17-10-6-2-3-7-11(10)22-14;1-7(20)5-9-6-8(3-4-16-9)10(21)17-12-19-18-11(22-12)13(2,14)15/h4-7,10-14H,1-3,8-9H2,(H,22,25)(H,23,26);4-9,11H,3,10H2,1-2H3,(H,21,24)(H,22,25,26);3-10H,2H2,1H3,(H,19,23)(H,21,22,24);2-8H,1H3,(H,16,18,19);3-4,6H,5H2,1-2H3,(H,17,19,21). The Labute approximate surface area is 721 Å². The predicted molar refractivity (Wildman–Crippen MR) is 464 cm³/mol. The molecule has 0 unspecified atom stereocenters. The quantitative estimate of drug-likeness (QED) is 0.0231. The first kappa shape index (κ1) is 91.7. The van der Waals surface area contributed by atoms with Gasteiger partial charge in [-0.25, -0.2) is 34.3 Å². The first-order chi connectivity index (χ1) is 59.6. The average molecular weight is 1760 g/mol. The number of carbonyl (C=O) groups is 13. The largest absolute Gasteiger partial charge is 0.465 e. The molecule has 0 atom stereocenters. The van der Waals surface area contributed by atoms with Gasteiger partial charge in [0.15, 0.2) is 20.0 Å². The van der Waals surface area contributed by atoms with E-state index in [4.69, 9.17) is 4.74 Å². The van der Waals surface area contributed by atoms with Gasteiger partial charge >= 0.3 is 18.2 Å². The van der Waals surface area contributed by atoms with Gasteiger partial charge in [-0.05, 0) is 150 Å². The van der Waals surface area contributed by atoms with Crippen LogP contribution in [0.4, 0.5) is 46.4 Å². The van der Waals surface area contributed by atoms with Crippen LogP contribution in [-0.2, 0) is 42.6 Å². The number of imide groups is 2. The zero-order valence-corrected chi connectivity index (χ0v) is 70.3. The van der Waals surface area contributed by atoms with Crippen molar-refractivity contribution in [3.8, 4) is 0 Å². The predicted octanol–water partition coefficient (Wildman–Crippen LogP) is 15.6. The van der Waals surface area contributed by atoms with Crippen molar-refractivity contribution in [2.24, 2.45) is 0 Å². The number of hydrogen-bond acceptors (Lipinski definition) is 28. The Bertz CT molecular complexity index is 6010. The molecule has 0 aliphatic heterocycles. The fourth-order valence-electron chi connectivity index (χ4n) is 11.5. The van der Waals surface area contributed by atoms with Crippen LogP contribution in [0.3, 0.4) is 0 Å². The number of methoxy groups -OCH3 is 1. The van der Waals surface area contributed by atoms with Crippen LogP contribution in [0.5, 0.6) is 0 Å². The maximum atomic E-state index is 13.1. The highest BCUT2D eigenvalue weighted by molar-refractivity contribution is 7.21. The van der Waals surface area contributed by atoms with Crippen LogP contribution in [0, 0.1) is 0 Å². The molecule has 32 nitrogen and oxygen atoms in total. The minimum absolute atomic E-state index is 0.0218. The number of anilines is 5. The maximum absolute atomic E-state index is 13.1. The number of halogens is 2. The van der Waals surface area contributed by atoms with E-state index in [1.807, 2.05) is 84.9 Å². The van der Waals surface area contributed by atoms with Gasteiger partial charge in [0.25, 0.3) is 53.2 Å². The molecule has 0 bridgehead atoms. The number of hydrogen-bond donors (Lipinski definition) is 8. The third-order valence-electron chi connectivity index (χ3n) is 17.1. The Morgan fingerprint density at radius 3 is 1.23 bits per heavy atom. The fourth-order valence-corrected chi connectivity index (χ4v) is 14.7. The molecule has 1 aliphatic rings. The van der Waals surface area contributed by atoms with Crippen molar-refractivity contribution in [3.63, 3.8) is 0 Å². The van der Waals surface area contributed by atoms with Crippen molar-refractivity contribution in [3.05, 3.63) is 265 Å². The molecule has 1 saturated carbocycles. The molecule has 38 heteroatoms. The number of amides is 10. The van der Waals surface area contributed by atoms with Crippen molar-refractivity contribution in [1.29, 1.82) is 0 Å². The molecule has 13 aromatic rings. The molecule has 0 spiro atoms. The fraction of sp³-hybridized carbons (Fsp3) is 0.198. The SMILES string of the molecule is CC(=O)Cc1cc(C(=O)Nc2nnc(C(C)(F)F)s2)ccn1.CCOC(=O)NC(=O)c1ccccc1NC(=O)c1ccnc(CC(C)=O)c1.CCOC(=O)NC(=O)c1ccccc1NC(=O)c1nc2ccccc2s1.COC(=O)c1cccnc1NC(=O)c1nc2ccccc2s1.O=C(Nc1ccccc1C(=O)NC1CCCCC1)c1nc2ccccc2s1. The molecule has 7 aromatic heterocycles. The summed E-state index contributed by atoms with van der Waals surface area (Å²) in [5, 5.41) is 27.8. The number of thiazole rings is 3. The molecule has 7 heterocycles. The van der Waals surface area contributed by atoms with E-state index in [0.717, 1.165) is 56.3 Å². The van der Waals surface area contributed by atoms with Crippen molar-refractivity contribution in [2.45, 2.75) is 91.5 Å². The summed E-state index contributed by atoms with van der Waals surface area (Å²) in [6.45, 7) is 7.09. The molecule has 14 rings (SSSR count). The maximum Gasteiger partial charge on any atom is 0.414 e. The Morgan fingerprint density at radius 1 is 0.427 bits per heavy atom. The molecular formula is C86H78F2N16O16S4. The second kappa shape index (κ2) is 44.6. The van der Waals surface area contributed by atoms with Crippen LogP contribution in [0.15, 0.2) is 201 Å². The number of nitrogens with one attached hydrogen (secondary N) is 8. The monoisotopic (exact) mass is 1760 g/mol. The highest BCUT2D eigenvalue weighted by Gasteiger charge is 2.31. The minimum atomic E-state index is -3.11. The molecule has 6 aromatic carbocycles. The smallest absolute Gasteiger partial charge is 0.414 e. The first-order valence-electron chi connectivity index (χ1n) is 37.9. The van der Waals surface area contributed by atoms with Crippen LogP contribution in [0.25, 0.3) is 30.6 Å². The van der Waals surface area contributed by atoms with E-state index in [1.54, 1.807) is 62.4 Å². The van der Waals surface area contributed by atoms with Crippen LogP contribution in [0.2, 0.25) is 0 Å². The van der Waals surface area contributed by atoms with Crippen molar-refractivity contribution in [2.75, 3.05) is 46.9 Å². The number of rotatable bonds is 22. The molecule has 8 N–H and O–H groups in total. The Hall–Kier alpha value is -14.6. The number of pyridine rings is 3. The summed E-state index contributed by atoms with van der Waals surface area (Å²) >= 11 is 4.48. The summed E-state index contributed by atoms with van der Waals surface area (Å²) in [5.41, 5.74) is 5.72. The van der Waals surface area contributed by atoms with E-state index in [9.17, 15) is 71.1 Å². The van der Waals surface area contributed by atoms with Gasteiger partial charge in [-0.15, -0.1) is 44.2 Å². The molecule has 0 saturated heterocycles. The lowest BCUT2D eigenvalue weighted by atomic mass is 9.95. The average Bonchev–Trinajstić information content (AvgIpc) is 1.49. The molecule has 636 valence electrons. The molecule has 1 aliphatic carbocycles. The molecule has 0 radical (unpaired) electrons. The number of alkyl carbamates (subject to hydrolysis) is 2. The summed E-state index contributed by atoms with van der Waals surface area (Å²) in [5.74, 6) is -7.31. The third-order valence-corrected chi connectivity index (χ3v) is 21.2. The number of carbonyl (C=O) groups excluding carboxylic acids is 13. The van der Waals surface area contributed by atoms with Crippen LogP contribution >= 0.6 is 45.3 Å². The number of para-hydroxylation sites is 6. The number of Topliss-reactive ketones (excluding diaryl/α,β-unsaturated/α-hetero) is 2. The molecule has 124 heavy (non-hydrogen) atoms. The number of alkyl halides is 2. The van der Waals surface area contributed by atoms with Gasteiger partial charge in [0.1, 0.15) is 22.9 Å². The van der Waals surface area contributed by atoms with Crippen LogP contribution in [0.1, 0.15) is 175 Å². The number of aromatic nitrogens is 8. The van der Waals surface area contributed by atoms with E-state index in [2.05, 4.69) is 92.1 Å². The highest BCUT2D eigenvalue weighted by atomic mass is 32.1. The lowest BCUT2D eigenvalue weighted by Gasteiger charge is -2.23. The lowest BCUT2D eigenvalue weighted by molar-refractivity contribution is -0.117. The van der Waals surface area contributed by atoms with Crippen LogP contribution < -0.4 is 42.5 Å². The van der Waals surface area contributed by atoms with Gasteiger partial charge in [-0.1, -0.05) is 103 Å². The Balaban J connectivity index is 0.000000163. The van der Waals surface area contributed by atoms with Crippen molar-refractivity contribution in [1.82, 2.24) is 56.1 Å². The summed E-state index contributed by atoms with van der Waals surface area (Å²) in [4.78, 5) is 181. The summed E-state index contributed by atoms with van der Waals surface area (Å²) in [6.07, 6.45) is 8.44. The van der Waals surface area contributed by atoms with E-state index in [-0.39, 0.29) is 105 Å². The summed E-state index contributed by atoms with van der Waals surface area (Å²) < 4.78 is 42.9. The van der Waals surface area contributed by atoms with E-state index in [1.165, 1.54) is 129 Å². The van der Waals surface area contributed by atoms with Gasteiger partial charge in [0.2, 0.25) is 5.13 Å². The van der Waals surface area contributed by atoms with Gasteiger partial charge in [0.05, 0.1) is 84.7 Å². The van der Waals surface area contributed by atoms with Crippen molar-refractivity contribution >= 4 is 181 Å². The van der Waals surface area contributed by atoms with Crippen LogP contribution in [-0.4, -0.2) is 143 Å². The lowest BCUT2D eigenvalue weighted by Crippen LogP contribution is -2.36. The number of ether oxygens (including phenoxy) is 3. The van der Waals surface area contributed by atoms with E-state index in [0.29, 0.717) is 56.5 Å². The summed E-state index contributed by atoms with van der Waals surface area (Å²) in [6, 6.07) is 51.6. The van der Waals surface area contributed by atoms with Gasteiger partial charge in [-0.3, -0.25) is 73.9 Å². The summed E-state index contributed by atoms with van der Waals surface area (Å²) in [7, 11) is 1.27. The first-order valence-corrected chi connectivity index (χ1v) is 41.2. The normalized spacial score (nSPS) is 11.4. The number of ketones is 2. The van der Waals surface area contributed by atoms with E-state index >= 15 is 0 Å². The van der Waals surface area contributed by atoms with E-state index < -0.39 is 64.5 Å². The molecular weight excluding hydrogens is 1680 g/mol. The molecule has 10 amide bonds. The highest BCUT2D eigenvalue weighted by Crippen LogP contribution is 2.33. The topological polar surface area (TPSA) is 449 Å². The Morgan fingerprint density at radius 2 is 0.823 bits per heavy atom. The second-order valence-electron chi connectivity index (χ2n) is 26.5. The van der Waals surface area contributed by atoms with Crippen molar-refractivity contribution < 1.29 is 85.3 Å². The zero-order chi connectivity index (χ0) is 88.8. The zero-order valence-electron chi connectivity index (χ0n) is 67.0.